The van der Waals surface area contributed by atoms with Crippen molar-refractivity contribution >= 4 is 28.8 Å². The molecule has 1 unspecified atom stereocenters. The first-order chi connectivity index (χ1) is 15.8. The normalized spacial score (nSPS) is 15.9. The van der Waals surface area contributed by atoms with E-state index in [9.17, 15) is 13.6 Å². The minimum Gasteiger partial charge on any atom is -0.379 e. The van der Waals surface area contributed by atoms with E-state index in [2.05, 4.69) is 25.2 Å². The Hall–Kier alpha value is -2.53. The molecule has 33 heavy (non-hydrogen) atoms. The number of ether oxygens (including phenoxy) is 1. The topological polar surface area (TPSA) is 80.2 Å². The Bertz CT molecular complexity index is 1090. The van der Waals surface area contributed by atoms with Crippen molar-refractivity contribution in [3.63, 3.8) is 0 Å². The van der Waals surface area contributed by atoms with Crippen molar-refractivity contribution in [1.82, 2.24) is 25.2 Å². The van der Waals surface area contributed by atoms with Crippen LogP contribution in [-0.4, -0.2) is 58.6 Å². The number of hydrogen-bond acceptors (Lipinski definition) is 7. The Kier molecular flexibility index (Phi) is 7.28. The van der Waals surface area contributed by atoms with Gasteiger partial charge in [-0.3, -0.25) is 9.69 Å². The van der Waals surface area contributed by atoms with Crippen molar-refractivity contribution in [3.05, 3.63) is 63.9 Å². The Morgan fingerprint density at radius 3 is 2.55 bits per heavy atom. The summed E-state index contributed by atoms with van der Waals surface area (Å²) in [5.74, 6) is -3.71. The highest BCUT2D eigenvalue weighted by molar-refractivity contribution is 7.17. The molecule has 0 spiro atoms. The van der Waals surface area contributed by atoms with Crippen LogP contribution in [0.4, 0.5) is 8.78 Å². The van der Waals surface area contributed by atoms with Gasteiger partial charge in [0.1, 0.15) is 10.6 Å². The van der Waals surface area contributed by atoms with Gasteiger partial charge in [0.25, 0.3) is 11.8 Å². The molecule has 1 amide bonds. The molecule has 174 valence electrons. The van der Waals surface area contributed by atoms with Gasteiger partial charge in [0, 0.05) is 44.0 Å². The van der Waals surface area contributed by atoms with Crippen molar-refractivity contribution in [2.45, 2.75) is 18.9 Å². The largest absolute Gasteiger partial charge is 0.379 e. The molecule has 4 rings (SSSR count). The maximum absolute atomic E-state index is 14.3. The van der Waals surface area contributed by atoms with Crippen LogP contribution >= 0.6 is 22.9 Å². The molecule has 2 aromatic heterocycles. The zero-order chi connectivity index (χ0) is 23.4. The Morgan fingerprint density at radius 1 is 1.24 bits per heavy atom. The number of thiazole rings is 1. The summed E-state index contributed by atoms with van der Waals surface area (Å²) in [5.41, 5.74) is 0.382. The van der Waals surface area contributed by atoms with Gasteiger partial charge < -0.3 is 10.1 Å². The van der Waals surface area contributed by atoms with E-state index in [0.717, 1.165) is 23.8 Å². The predicted octanol–water partition coefficient (Wildman–Crippen LogP) is 4.17. The number of halogens is 3. The van der Waals surface area contributed by atoms with Crippen molar-refractivity contribution < 1.29 is 18.3 Å². The molecule has 3 heterocycles. The van der Waals surface area contributed by atoms with Crippen LogP contribution in [-0.2, 0) is 10.7 Å². The number of rotatable bonds is 7. The van der Waals surface area contributed by atoms with Gasteiger partial charge in [0.05, 0.1) is 19.3 Å². The first-order valence-electron chi connectivity index (χ1n) is 10.3. The van der Waals surface area contributed by atoms with Gasteiger partial charge in [0.15, 0.2) is 10.8 Å². The van der Waals surface area contributed by atoms with Crippen molar-refractivity contribution in [1.29, 1.82) is 0 Å². The third-order valence-electron chi connectivity index (χ3n) is 5.20. The fourth-order valence-corrected chi connectivity index (χ4v) is 4.72. The maximum atomic E-state index is 14.3. The van der Waals surface area contributed by atoms with Crippen molar-refractivity contribution in [2.75, 3.05) is 32.8 Å². The highest BCUT2D eigenvalue weighted by Gasteiger charge is 2.35. The summed E-state index contributed by atoms with van der Waals surface area (Å²) in [6.45, 7) is 3.50. The smallest absolute Gasteiger partial charge is 0.288 e. The third kappa shape index (κ3) is 5.70. The number of benzene rings is 1. The first-order valence-corrected chi connectivity index (χ1v) is 11.5. The van der Waals surface area contributed by atoms with Gasteiger partial charge in [-0.2, -0.15) is 8.78 Å². The Balaban J connectivity index is 1.58. The number of amides is 1. The number of morpholine rings is 1. The zero-order valence-corrected chi connectivity index (χ0v) is 19.4. The number of nitrogens with one attached hydrogen (secondary N) is 1. The van der Waals surface area contributed by atoms with E-state index < -0.39 is 17.5 Å². The minimum atomic E-state index is -3.30. The number of aromatic nitrogens is 3. The SMILES string of the molecule is CC(F)(F)c1nc(-c2ncccn2)sc1C(=O)NCC(c1ccc(Cl)cc1)N1CCOCC1. The quantitative estimate of drug-likeness (QED) is 0.532. The van der Waals surface area contributed by atoms with E-state index in [4.69, 9.17) is 16.3 Å². The molecule has 1 saturated heterocycles. The van der Waals surface area contributed by atoms with Crippen LogP contribution in [0.15, 0.2) is 42.7 Å². The minimum absolute atomic E-state index is 0.151. The number of carbonyl (C=O) groups excluding carboxylic acids is 1. The number of carbonyl (C=O) groups is 1. The lowest BCUT2D eigenvalue weighted by Crippen LogP contribution is -2.43. The molecular formula is C22H22ClF2N5O2S. The van der Waals surface area contributed by atoms with Crippen molar-refractivity contribution in [2.24, 2.45) is 0 Å². The summed E-state index contributed by atoms with van der Waals surface area (Å²) in [7, 11) is 0. The number of hydrogen-bond donors (Lipinski definition) is 1. The van der Waals surface area contributed by atoms with Gasteiger partial charge in [-0.05, 0) is 23.8 Å². The fourth-order valence-electron chi connectivity index (χ4n) is 3.58. The average molecular weight is 494 g/mol. The predicted molar refractivity (Wildman–Crippen MR) is 122 cm³/mol. The highest BCUT2D eigenvalue weighted by Crippen LogP contribution is 2.35. The third-order valence-corrected chi connectivity index (χ3v) is 6.51. The lowest BCUT2D eigenvalue weighted by molar-refractivity contribution is 0.0119. The van der Waals surface area contributed by atoms with E-state index in [1.54, 1.807) is 18.2 Å². The number of nitrogens with zero attached hydrogens (tertiary/aromatic N) is 4. The molecule has 0 radical (unpaired) electrons. The lowest BCUT2D eigenvalue weighted by atomic mass is 10.0. The van der Waals surface area contributed by atoms with Gasteiger partial charge >= 0.3 is 0 Å². The van der Waals surface area contributed by atoms with E-state index in [0.29, 0.717) is 31.3 Å². The average Bonchev–Trinajstić information content (AvgIpc) is 3.28. The second kappa shape index (κ2) is 10.2. The van der Waals surface area contributed by atoms with Crippen LogP contribution in [0.5, 0.6) is 0 Å². The fraction of sp³-hybridized carbons (Fsp3) is 0.364. The molecule has 1 fully saturated rings. The molecule has 1 aliphatic heterocycles. The molecule has 1 N–H and O–H groups in total. The molecule has 0 saturated carbocycles. The molecule has 0 aliphatic carbocycles. The molecule has 1 atom stereocenters. The van der Waals surface area contributed by atoms with Gasteiger partial charge in [0.2, 0.25) is 0 Å². The summed E-state index contributed by atoms with van der Waals surface area (Å²) in [4.78, 5) is 27.2. The molecule has 3 aromatic rings. The lowest BCUT2D eigenvalue weighted by Gasteiger charge is -2.35. The van der Waals surface area contributed by atoms with E-state index in [-0.39, 0.29) is 28.3 Å². The molecule has 1 aromatic carbocycles. The first kappa shape index (κ1) is 23.6. The highest BCUT2D eigenvalue weighted by atomic mass is 35.5. The molecule has 11 heteroatoms. The summed E-state index contributed by atoms with van der Waals surface area (Å²) >= 11 is 6.89. The second-order valence-electron chi connectivity index (χ2n) is 7.58. The van der Waals surface area contributed by atoms with Crippen LogP contribution in [0.3, 0.4) is 0 Å². The second-order valence-corrected chi connectivity index (χ2v) is 9.02. The maximum Gasteiger partial charge on any atom is 0.288 e. The van der Waals surface area contributed by atoms with Gasteiger partial charge in [-0.25, -0.2) is 15.0 Å². The van der Waals surface area contributed by atoms with Crippen LogP contribution in [0, 0.1) is 0 Å². The molecule has 0 bridgehead atoms. The van der Waals surface area contributed by atoms with Crippen LogP contribution in [0.1, 0.15) is 33.9 Å². The molecular weight excluding hydrogens is 472 g/mol. The van der Waals surface area contributed by atoms with Gasteiger partial charge in [-0.15, -0.1) is 11.3 Å². The van der Waals surface area contributed by atoms with Crippen molar-refractivity contribution in [3.8, 4) is 10.8 Å². The summed E-state index contributed by atoms with van der Waals surface area (Å²) in [5, 5.41) is 3.60. The van der Waals surface area contributed by atoms with Gasteiger partial charge in [-0.1, -0.05) is 23.7 Å². The van der Waals surface area contributed by atoms with E-state index in [1.165, 1.54) is 12.4 Å². The van der Waals surface area contributed by atoms with Crippen LogP contribution in [0.25, 0.3) is 10.8 Å². The summed E-state index contributed by atoms with van der Waals surface area (Å²) in [6.07, 6.45) is 2.98. The zero-order valence-electron chi connectivity index (χ0n) is 17.8. The standard InChI is InChI=1S/C22H22ClF2N5O2S/c1-22(24,25)18-17(33-21(29-18)19-26-7-2-8-27-19)20(31)28-13-16(30-9-11-32-12-10-30)14-3-5-15(23)6-4-14/h2-8,16H,9-13H2,1H3,(H,28,31). The van der Waals surface area contributed by atoms with Crippen LogP contribution in [0.2, 0.25) is 5.02 Å². The molecule has 1 aliphatic rings. The van der Waals surface area contributed by atoms with Crippen LogP contribution < -0.4 is 5.32 Å². The monoisotopic (exact) mass is 493 g/mol. The summed E-state index contributed by atoms with van der Waals surface area (Å²) < 4.78 is 34.0. The summed E-state index contributed by atoms with van der Waals surface area (Å²) in [6, 6.07) is 8.83. The molecule has 7 nitrogen and oxygen atoms in total. The van der Waals surface area contributed by atoms with E-state index in [1.807, 2.05) is 12.1 Å². The Morgan fingerprint density at radius 2 is 1.91 bits per heavy atom. The van der Waals surface area contributed by atoms with E-state index >= 15 is 0 Å². The Labute approximate surface area is 198 Å². The number of alkyl halides is 2.